The molecule has 0 spiro atoms. The van der Waals surface area contributed by atoms with E-state index < -0.39 is 11.6 Å². The van der Waals surface area contributed by atoms with Crippen LogP contribution in [0.15, 0.2) is 35.9 Å². The van der Waals surface area contributed by atoms with Crippen molar-refractivity contribution in [3.63, 3.8) is 0 Å². The second-order valence-electron chi connectivity index (χ2n) is 9.10. The average molecular weight is 373 g/mol. The highest BCUT2D eigenvalue weighted by atomic mass is 19.2. The number of hydrogen-bond acceptors (Lipinski definition) is 0. The van der Waals surface area contributed by atoms with Crippen molar-refractivity contribution < 1.29 is 8.78 Å². The minimum atomic E-state index is -0.711. The van der Waals surface area contributed by atoms with Crippen molar-refractivity contribution in [3.05, 3.63) is 58.7 Å². The lowest BCUT2D eigenvalue weighted by atomic mass is 9.74. The molecule has 0 aliphatic heterocycles. The van der Waals surface area contributed by atoms with E-state index in [4.69, 9.17) is 0 Å². The first-order valence-electron chi connectivity index (χ1n) is 10.7. The molecular formula is C25H34F2. The first kappa shape index (κ1) is 20.3. The minimum Gasteiger partial charge on any atom is -0.204 e. The molecule has 0 bridgehead atoms. The summed E-state index contributed by atoms with van der Waals surface area (Å²) in [4.78, 5) is 0. The molecule has 0 heterocycles. The first-order chi connectivity index (χ1) is 12.8. The Hall–Kier alpha value is -1.44. The largest absolute Gasteiger partial charge is 0.204 e. The molecule has 1 aromatic rings. The second kappa shape index (κ2) is 8.71. The Labute approximate surface area is 163 Å². The number of hydrogen-bond donors (Lipinski definition) is 0. The summed E-state index contributed by atoms with van der Waals surface area (Å²) in [5, 5.41) is 0. The molecule has 0 radical (unpaired) electrons. The van der Waals surface area contributed by atoms with Crippen LogP contribution >= 0.6 is 0 Å². The van der Waals surface area contributed by atoms with E-state index in [1.54, 1.807) is 6.92 Å². The molecule has 0 unspecified atom stereocenters. The highest BCUT2D eigenvalue weighted by Crippen LogP contribution is 2.40. The third kappa shape index (κ3) is 4.89. The lowest BCUT2D eigenvalue weighted by molar-refractivity contribution is 0.319. The third-order valence-electron chi connectivity index (χ3n) is 7.03. The van der Waals surface area contributed by atoms with Crippen molar-refractivity contribution in [2.75, 3.05) is 0 Å². The lowest BCUT2D eigenvalue weighted by Crippen LogP contribution is -2.16. The Kier molecular flexibility index (Phi) is 6.55. The van der Waals surface area contributed by atoms with E-state index in [0.29, 0.717) is 17.4 Å². The topological polar surface area (TPSA) is 0 Å². The van der Waals surface area contributed by atoms with Gasteiger partial charge < -0.3 is 0 Å². The van der Waals surface area contributed by atoms with Gasteiger partial charge in [-0.1, -0.05) is 49.6 Å². The van der Waals surface area contributed by atoms with Crippen molar-refractivity contribution in [3.8, 4) is 0 Å². The van der Waals surface area contributed by atoms with Gasteiger partial charge in [-0.05, 0) is 93.2 Å². The van der Waals surface area contributed by atoms with Crippen LogP contribution in [0.5, 0.6) is 0 Å². The van der Waals surface area contributed by atoms with Gasteiger partial charge in [-0.25, -0.2) is 8.78 Å². The van der Waals surface area contributed by atoms with Crippen molar-refractivity contribution in [2.24, 2.45) is 17.8 Å². The van der Waals surface area contributed by atoms with E-state index in [1.165, 1.54) is 42.9 Å². The van der Waals surface area contributed by atoms with Crippen LogP contribution in [-0.2, 0) is 0 Å². The van der Waals surface area contributed by atoms with Gasteiger partial charge in [0.15, 0.2) is 11.6 Å². The monoisotopic (exact) mass is 372 g/mol. The zero-order valence-corrected chi connectivity index (χ0v) is 17.2. The van der Waals surface area contributed by atoms with Gasteiger partial charge in [0.05, 0.1) is 0 Å². The maximum atomic E-state index is 13.7. The zero-order chi connectivity index (χ0) is 19.6. The standard InChI is InChI=1S/C25H34F2/c1-16-5-7-20(8-6-16)17(2)13-18(3)21-9-11-22(12-10-21)23-14-19(4)25(27)24(26)15-23/h13-16,20-22H,3,5-12H2,1-2,4H3/b17-13+. The summed E-state index contributed by atoms with van der Waals surface area (Å²) < 4.78 is 27.3. The molecule has 1 aromatic carbocycles. The molecule has 0 saturated heterocycles. The van der Waals surface area contributed by atoms with Crippen molar-refractivity contribution >= 4 is 0 Å². The van der Waals surface area contributed by atoms with Crippen LogP contribution in [0.2, 0.25) is 0 Å². The highest BCUT2D eigenvalue weighted by Gasteiger charge is 2.25. The van der Waals surface area contributed by atoms with Gasteiger partial charge in [-0.15, -0.1) is 0 Å². The van der Waals surface area contributed by atoms with Crippen LogP contribution in [0.4, 0.5) is 8.78 Å². The Balaban J connectivity index is 1.57. The number of halogens is 2. The molecule has 0 aromatic heterocycles. The fourth-order valence-electron chi connectivity index (χ4n) is 5.03. The quantitative estimate of drug-likeness (QED) is 0.472. The molecule has 3 rings (SSSR count). The van der Waals surface area contributed by atoms with Gasteiger partial charge in [0.25, 0.3) is 0 Å². The van der Waals surface area contributed by atoms with Gasteiger partial charge in [0.1, 0.15) is 0 Å². The molecule has 2 aliphatic carbocycles. The van der Waals surface area contributed by atoms with Gasteiger partial charge >= 0.3 is 0 Å². The molecule has 0 nitrogen and oxygen atoms in total. The molecule has 2 fully saturated rings. The summed E-state index contributed by atoms with van der Waals surface area (Å²) >= 11 is 0. The fourth-order valence-corrected chi connectivity index (χ4v) is 5.03. The molecule has 148 valence electrons. The maximum Gasteiger partial charge on any atom is 0.161 e. The van der Waals surface area contributed by atoms with E-state index in [2.05, 4.69) is 26.5 Å². The molecule has 2 saturated carbocycles. The number of benzene rings is 1. The smallest absolute Gasteiger partial charge is 0.161 e. The average Bonchev–Trinajstić information content (AvgIpc) is 2.66. The van der Waals surface area contributed by atoms with Crippen molar-refractivity contribution in [2.45, 2.75) is 78.1 Å². The number of allylic oxidation sites excluding steroid dienone is 3. The molecule has 2 aliphatic rings. The van der Waals surface area contributed by atoms with E-state index in [-0.39, 0.29) is 0 Å². The van der Waals surface area contributed by atoms with E-state index in [0.717, 1.165) is 43.1 Å². The van der Waals surface area contributed by atoms with Gasteiger partial charge in [-0.2, -0.15) is 0 Å². The van der Waals surface area contributed by atoms with E-state index in [1.807, 2.05) is 6.07 Å². The first-order valence-corrected chi connectivity index (χ1v) is 10.7. The van der Waals surface area contributed by atoms with E-state index in [9.17, 15) is 8.78 Å². The lowest BCUT2D eigenvalue weighted by Gasteiger charge is -2.31. The van der Waals surface area contributed by atoms with Gasteiger partial charge in [-0.3, -0.25) is 0 Å². The van der Waals surface area contributed by atoms with Crippen molar-refractivity contribution in [1.82, 2.24) is 0 Å². The summed E-state index contributed by atoms with van der Waals surface area (Å²) in [5.74, 6) is 1.07. The van der Waals surface area contributed by atoms with Gasteiger partial charge in [0, 0.05) is 0 Å². The fraction of sp³-hybridized carbons (Fsp3) is 0.600. The number of rotatable bonds is 4. The Morgan fingerprint density at radius 2 is 1.56 bits per heavy atom. The summed E-state index contributed by atoms with van der Waals surface area (Å²) in [6.45, 7) is 10.7. The summed E-state index contributed by atoms with van der Waals surface area (Å²) in [7, 11) is 0. The second-order valence-corrected chi connectivity index (χ2v) is 9.10. The van der Waals surface area contributed by atoms with Crippen LogP contribution < -0.4 is 0 Å². The predicted molar refractivity (Wildman–Crippen MR) is 110 cm³/mol. The molecular weight excluding hydrogens is 338 g/mol. The maximum absolute atomic E-state index is 13.7. The number of aryl methyl sites for hydroxylation is 1. The van der Waals surface area contributed by atoms with Gasteiger partial charge in [0.2, 0.25) is 0 Å². The molecule has 0 amide bonds. The molecule has 0 atom stereocenters. The third-order valence-corrected chi connectivity index (χ3v) is 7.03. The van der Waals surface area contributed by atoms with Crippen LogP contribution in [0.25, 0.3) is 0 Å². The van der Waals surface area contributed by atoms with Crippen LogP contribution in [0, 0.1) is 36.3 Å². The Morgan fingerprint density at radius 3 is 2.15 bits per heavy atom. The van der Waals surface area contributed by atoms with Crippen LogP contribution in [0.1, 0.15) is 82.3 Å². The zero-order valence-electron chi connectivity index (χ0n) is 17.2. The molecule has 2 heteroatoms. The summed E-state index contributed by atoms with van der Waals surface area (Å²) in [5.41, 5.74) is 4.15. The molecule has 27 heavy (non-hydrogen) atoms. The Bertz CT molecular complexity index is 676. The predicted octanol–water partition coefficient (Wildman–Crippen LogP) is 7.88. The van der Waals surface area contributed by atoms with Crippen LogP contribution in [0.3, 0.4) is 0 Å². The summed E-state index contributed by atoms with van der Waals surface area (Å²) in [6, 6.07) is 3.22. The SMILES string of the molecule is C=C(/C=C(\C)C1CCC(C)CC1)C1CCC(c2cc(C)c(F)c(F)c2)CC1. The van der Waals surface area contributed by atoms with E-state index >= 15 is 0 Å². The highest BCUT2D eigenvalue weighted by molar-refractivity contribution is 5.30. The summed E-state index contributed by atoms with van der Waals surface area (Å²) in [6.07, 6.45) is 11.9. The van der Waals surface area contributed by atoms with Crippen molar-refractivity contribution in [1.29, 1.82) is 0 Å². The minimum absolute atomic E-state index is 0.341. The van der Waals surface area contributed by atoms with Crippen LogP contribution in [-0.4, -0.2) is 0 Å². The normalized spacial score (nSPS) is 29.6. The Morgan fingerprint density at radius 1 is 0.963 bits per heavy atom. The molecule has 0 N–H and O–H groups in total.